The van der Waals surface area contributed by atoms with Crippen molar-refractivity contribution in [2.24, 2.45) is 7.05 Å². The summed E-state index contributed by atoms with van der Waals surface area (Å²) < 4.78 is 1.67. The second-order valence-electron chi connectivity index (χ2n) is 5.13. The normalized spacial score (nSPS) is 10.8. The summed E-state index contributed by atoms with van der Waals surface area (Å²) in [7, 11) is 5.32. The van der Waals surface area contributed by atoms with Crippen LogP contribution in [0.5, 0.6) is 0 Å². The fourth-order valence-corrected chi connectivity index (χ4v) is 2.83. The number of amides is 1. The maximum absolute atomic E-state index is 11.8. The van der Waals surface area contributed by atoms with Crippen LogP contribution in [0.1, 0.15) is 11.1 Å². The van der Waals surface area contributed by atoms with Gasteiger partial charge < -0.3 is 4.90 Å². The van der Waals surface area contributed by atoms with E-state index in [1.54, 1.807) is 23.7 Å². The summed E-state index contributed by atoms with van der Waals surface area (Å²) in [5.41, 5.74) is 3.90. The zero-order valence-electron chi connectivity index (χ0n) is 12.8. The number of rotatable bonds is 2. The molecule has 0 N–H and O–H groups in total. The van der Waals surface area contributed by atoms with Gasteiger partial charge in [-0.2, -0.15) is 5.10 Å². The SMILES string of the molecule is Cc1cc(-c2nn(C)c(Cl)c2C)ccc1SC(=O)N(C)C. The van der Waals surface area contributed by atoms with Crippen molar-refractivity contribution in [2.45, 2.75) is 18.7 Å². The molecule has 0 spiro atoms. The van der Waals surface area contributed by atoms with E-state index in [0.717, 1.165) is 27.3 Å². The highest BCUT2D eigenvalue weighted by molar-refractivity contribution is 8.13. The smallest absolute Gasteiger partial charge is 0.285 e. The number of benzene rings is 1. The molecule has 21 heavy (non-hydrogen) atoms. The van der Waals surface area contributed by atoms with E-state index in [4.69, 9.17) is 11.6 Å². The Kier molecular flexibility index (Phi) is 4.64. The van der Waals surface area contributed by atoms with Gasteiger partial charge in [0.15, 0.2) is 0 Å². The summed E-state index contributed by atoms with van der Waals surface area (Å²) in [5, 5.41) is 5.10. The minimum atomic E-state index is 0.0166. The summed E-state index contributed by atoms with van der Waals surface area (Å²) in [6.07, 6.45) is 0. The van der Waals surface area contributed by atoms with Gasteiger partial charge in [-0.25, -0.2) is 0 Å². The molecule has 4 nitrogen and oxygen atoms in total. The third kappa shape index (κ3) is 3.24. The molecule has 0 saturated heterocycles. The lowest BCUT2D eigenvalue weighted by atomic mass is 10.1. The number of aromatic nitrogens is 2. The Morgan fingerprint density at radius 1 is 1.33 bits per heavy atom. The van der Waals surface area contributed by atoms with Crippen LogP contribution in [0.2, 0.25) is 5.15 Å². The molecule has 1 heterocycles. The minimum absolute atomic E-state index is 0.0166. The van der Waals surface area contributed by atoms with E-state index in [-0.39, 0.29) is 5.24 Å². The lowest BCUT2D eigenvalue weighted by molar-refractivity contribution is 0.241. The number of carbonyl (C=O) groups is 1. The highest BCUT2D eigenvalue weighted by atomic mass is 35.5. The molecule has 0 saturated carbocycles. The van der Waals surface area contributed by atoms with Crippen molar-refractivity contribution in [3.63, 3.8) is 0 Å². The van der Waals surface area contributed by atoms with Gasteiger partial charge in [0.1, 0.15) is 5.15 Å². The van der Waals surface area contributed by atoms with Crippen LogP contribution in [0.3, 0.4) is 0 Å². The number of halogens is 1. The fourth-order valence-electron chi connectivity index (χ4n) is 1.98. The van der Waals surface area contributed by atoms with Gasteiger partial charge in [-0.15, -0.1) is 0 Å². The van der Waals surface area contributed by atoms with E-state index in [2.05, 4.69) is 5.10 Å². The number of thioether (sulfide) groups is 1. The quantitative estimate of drug-likeness (QED) is 0.780. The van der Waals surface area contributed by atoms with E-state index in [9.17, 15) is 4.79 Å². The van der Waals surface area contributed by atoms with Gasteiger partial charge in [0.05, 0.1) is 5.69 Å². The standard InChI is InChI=1S/C15H18ClN3OS/c1-9-8-11(13-10(2)14(16)19(5)17-13)6-7-12(9)21-15(20)18(3)4/h6-8H,1-5H3. The molecule has 0 aliphatic rings. The van der Waals surface area contributed by atoms with E-state index in [1.807, 2.05) is 39.1 Å². The Balaban J connectivity index is 2.35. The molecule has 112 valence electrons. The molecule has 6 heteroatoms. The Morgan fingerprint density at radius 2 is 2.00 bits per heavy atom. The van der Waals surface area contributed by atoms with E-state index >= 15 is 0 Å². The molecule has 0 atom stereocenters. The van der Waals surface area contributed by atoms with Gasteiger partial charge in [-0.3, -0.25) is 9.48 Å². The largest absolute Gasteiger partial charge is 0.339 e. The Bertz CT molecular complexity index is 694. The van der Waals surface area contributed by atoms with Gasteiger partial charge in [0, 0.05) is 37.2 Å². The Labute approximate surface area is 134 Å². The predicted octanol–water partition coefficient (Wildman–Crippen LogP) is 4.13. The highest BCUT2D eigenvalue weighted by Gasteiger charge is 2.14. The van der Waals surface area contributed by atoms with Gasteiger partial charge in [0.25, 0.3) is 5.24 Å². The van der Waals surface area contributed by atoms with Crippen molar-refractivity contribution in [3.05, 3.63) is 34.5 Å². The van der Waals surface area contributed by atoms with Gasteiger partial charge >= 0.3 is 0 Å². The van der Waals surface area contributed by atoms with Crippen LogP contribution < -0.4 is 0 Å². The summed E-state index contributed by atoms with van der Waals surface area (Å²) in [6.45, 7) is 3.95. The van der Waals surface area contributed by atoms with Crippen molar-refractivity contribution in [1.82, 2.24) is 14.7 Å². The van der Waals surface area contributed by atoms with Crippen molar-refractivity contribution < 1.29 is 4.79 Å². The summed E-state index contributed by atoms with van der Waals surface area (Å²) in [4.78, 5) is 14.3. The third-order valence-electron chi connectivity index (χ3n) is 3.21. The van der Waals surface area contributed by atoms with Crippen molar-refractivity contribution in [3.8, 4) is 11.3 Å². The lowest BCUT2D eigenvalue weighted by Gasteiger charge is -2.11. The number of hydrogen-bond acceptors (Lipinski definition) is 3. The molecule has 1 amide bonds. The second-order valence-corrected chi connectivity index (χ2v) is 6.48. The molecule has 0 aliphatic heterocycles. The zero-order valence-corrected chi connectivity index (χ0v) is 14.3. The molecule has 2 rings (SSSR count). The third-order valence-corrected chi connectivity index (χ3v) is 4.96. The van der Waals surface area contributed by atoms with E-state index in [1.165, 1.54) is 11.8 Å². The molecular formula is C15H18ClN3OS. The fraction of sp³-hybridized carbons (Fsp3) is 0.333. The summed E-state index contributed by atoms with van der Waals surface area (Å²) in [6, 6.07) is 5.97. The van der Waals surface area contributed by atoms with E-state index in [0.29, 0.717) is 5.15 Å². The first-order chi connectivity index (χ1) is 9.81. The van der Waals surface area contributed by atoms with Gasteiger partial charge in [-0.1, -0.05) is 17.7 Å². The maximum atomic E-state index is 11.8. The van der Waals surface area contributed by atoms with Gasteiger partial charge in [0.2, 0.25) is 0 Å². The van der Waals surface area contributed by atoms with Crippen LogP contribution in [0.25, 0.3) is 11.3 Å². The van der Waals surface area contributed by atoms with Crippen LogP contribution in [0.15, 0.2) is 23.1 Å². The number of hydrogen-bond donors (Lipinski definition) is 0. The summed E-state index contributed by atoms with van der Waals surface area (Å²) in [5.74, 6) is 0. The average Bonchev–Trinajstić information content (AvgIpc) is 2.68. The zero-order chi connectivity index (χ0) is 15.7. The first-order valence-corrected chi connectivity index (χ1v) is 7.70. The Morgan fingerprint density at radius 3 is 2.48 bits per heavy atom. The minimum Gasteiger partial charge on any atom is -0.339 e. The van der Waals surface area contributed by atoms with Crippen LogP contribution in [0.4, 0.5) is 4.79 Å². The second kappa shape index (κ2) is 6.12. The van der Waals surface area contributed by atoms with Crippen LogP contribution in [0, 0.1) is 13.8 Å². The molecule has 0 bridgehead atoms. The van der Waals surface area contributed by atoms with E-state index < -0.39 is 0 Å². The van der Waals surface area contributed by atoms with Crippen molar-refractivity contribution in [1.29, 1.82) is 0 Å². The number of nitrogens with zero attached hydrogens (tertiary/aromatic N) is 3. The van der Waals surface area contributed by atoms with Crippen LogP contribution >= 0.6 is 23.4 Å². The molecule has 1 aromatic heterocycles. The Hall–Kier alpha value is -1.46. The number of carbonyl (C=O) groups excluding carboxylic acids is 1. The number of aryl methyl sites for hydroxylation is 2. The van der Waals surface area contributed by atoms with Crippen LogP contribution in [-0.2, 0) is 7.05 Å². The van der Waals surface area contributed by atoms with Crippen LogP contribution in [-0.4, -0.2) is 34.0 Å². The first-order valence-electron chi connectivity index (χ1n) is 6.50. The maximum Gasteiger partial charge on any atom is 0.285 e. The van der Waals surface area contributed by atoms with Crippen molar-refractivity contribution in [2.75, 3.05) is 14.1 Å². The highest BCUT2D eigenvalue weighted by Crippen LogP contribution is 2.31. The monoisotopic (exact) mass is 323 g/mol. The summed E-state index contributed by atoms with van der Waals surface area (Å²) >= 11 is 7.40. The molecule has 1 aromatic carbocycles. The molecular weight excluding hydrogens is 306 g/mol. The molecule has 0 fully saturated rings. The average molecular weight is 324 g/mol. The predicted molar refractivity (Wildman–Crippen MR) is 88.1 cm³/mol. The van der Waals surface area contributed by atoms with Crippen molar-refractivity contribution >= 4 is 28.6 Å². The first kappa shape index (κ1) is 15.9. The molecule has 0 unspecified atom stereocenters. The molecule has 0 radical (unpaired) electrons. The van der Waals surface area contributed by atoms with Gasteiger partial charge in [-0.05, 0) is 43.3 Å². The molecule has 2 aromatic rings. The lowest BCUT2D eigenvalue weighted by Crippen LogP contribution is -2.16. The topological polar surface area (TPSA) is 38.1 Å². The molecule has 0 aliphatic carbocycles.